The van der Waals surface area contributed by atoms with E-state index >= 15 is 0 Å². The van der Waals surface area contributed by atoms with Gasteiger partial charge in [0.1, 0.15) is 0 Å². The molecule has 0 aromatic heterocycles. The molecule has 1 aliphatic rings. The van der Waals surface area contributed by atoms with Gasteiger partial charge in [0, 0.05) is 20.2 Å². The number of carbonyl (C=O) groups excluding carboxylic acids is 1. The molecule has 0 radical (unpaired) electrons. The summed E-state index contributed by atoms with van der Waals surface area (Å²) in [6.45, 7) is 3.10. The molecule has 1 aliphatic heterocycles. The van der Waals surface area contributed by atoms with Gasteiger partial charge in [-0.3, -0.25) is 4.79 Å². The largest absolute Gasteiger partial charge is 0.378 e. The van der Waals surface area contributed by atoms with E-state index < -0.39 is 0 Å². The molecule has 0 N–H and O–H groups in total. The predicted molar refractivity (Wildman–Crippen MR) is 60.6 cm³/mol. The Hall–Kier alpha value is -1.08. The fraction of sp³-hybridized carbons (Fsp3) is 0.833. The van der Waals surface area contributed by atoms with Gasteiger partial charge in [0.2, 0.25) is 5.91 Å². The lowest BCUT2D eigenvalue weighted by atomic mass is 10.1. The Morgan fingerprint density at radius 2 is 2.38 bits per heavy atom. The molecule has 16 heavy (non-hydrogen) atoms. The van der Waals surface area contributed by atoms with Crippen molar-refractivity contribution < 1.29 is 9.53 Å². The molecule has 2 atom stereocenters. The number of hydrogen-bond donors (Lipinski definition) is 0. The summed E-state index contributed by atoms with van der Waals surface area (Å²) < 4.78 is 5.52. The average molecular weight is 224 g/mol. The molecular weight excluding hydrogens is 204 g/mol. The maximum Gasteiger partial charge on any atom is 0.224 e. The first-order chi connectivity index (χ1) is 7.63. The molecule has 4 heteroatoms. The minimum absolute atomic E-state index is 0.0778. The van der Waals surface area contributed by atoms with Crippen molar-refractivity contribution >= 4 is 5.91 Å². The quantitative estimate of drug-likeness (QED) is 0.728. The summed E-state index contributed by atoms with van der Waals surface area (Å²) in [6, 6.07) is 2.13. The Balaban J connectivity index is 2.30. The number of carbonyl (C=O) groups is 1. The molecule has 0 spiro atoms. The summed E-state index contributed by atoms with van der Waals surface area (Å²) in [5, 5.41) is 8.67. The average Bonchev–Trinajstić information content (AvgIpc) is 2.30. The van der Waals surface area contributed by atoms with Crippen molar-refractivity contribution in [3.8, 4) is 6.07 Å². The molecule has 0 aliphatic carbocycles. The third kappa shape index (κ3) is 4.19. The minimum atomic E-state index is -0.110. The Morgan fingerprint density at radius 3 is 2.94 bits per heavy atom. The molecular formula is C12H20N2O2. The van der Waals surface area contributed by atoms with Gasteiger partial charge in [-0.2, -0.15) is 5.26 Å². The van der Waals surface area contributed by atoms with Crippen LogP contribution in [0.15, 0.2) is 0 Å². The summed E-state index contributed by atoms with van der Waals surface area (Å²) in [6.07, 6.45) is 3.77. The van der Waals surface area contributed by atoms with E-state index in [1.165, 1.54) is 0 Å². The highest BCUT2D eigenvalue weighted by Gasteiger charge is 2.20. The van der Waals surface area contributed by atoms with Crippen molar-refractivity contribution in [3.63, 3.8) is 0 Å². The van der Waals surface area contributed by atoms with E-state index in [0.29, 0.717) is 13.0 Å². The maximum atomic E-state index is 11.8. The van der Waals surface area contributed by atoms with E-state index in [1.54, 1.807) is 11.9 Å². The second-order valence-corrected chi connectivity index (χ2v) is 4.50. The third-order valence-corrected chi connectivity index (χ3v) is 2.87. The van der Waals surface area contributed by atoms with Crippen LogP contribution in [0, 0.1) is 17.2 Å². The zero-order valence-corrected chi connectivity index (χ0v) is 10.1. The van der Waals surface area contributed by atoms with Crippen molar-refractivity contribution in [1.29, 1.82) is 5.26 Å². The summed E-state index contributed by atoms with van der Waals surface area (Å²) in [5.41, 5.74) is 0. The van der Waals surface area contributed by atoms with Crippen LogP contribution in [0.25, 0.3) is 0 Å². The molecule has 0 bridgehead atoms. The highest BCUT2D eigenvalue weighted by molar-refractivity contribution is 5.76. The van der Waals surface area contributed by atoms with Gasteiger partial charge in [-0.25, -0.2) is 0 Å². The molecule has 0 saturated carbocycles. The monoisotopic (exact) mass is 224 g/mol. The van der Waals surface area contributed by atoms with Crippen LogP contribution in [0.5, 0.6) is 0 Å². The fourth-order valence-electron chi connectivity index (χ4n) is 1.87. The van der Waals surface area contributed by atoms with Crippen LogP contribution in [-0.2, 0) is 9.53 Å². The van der Waals surface area contributed by atoms with E-state index in [9.17, 15) is 4.79 Å². The summed E-state index contributed by atoms with van der Waals surface area (Å²) >= 11 is 0. The molecule has 1 heterocycles. The fourth-order valence-corrected chi connectivity index (χ4v) is 1.87. The molecule has 1 fully saturated rings. The van der Waals surface area contributed by atoms with Gasteiger partial charge >= 0.3 is 0 Å². The number of nitriles is 1. The molecule has 1 amide bonds. The van der Waals surface area contributed by atoms with Crippen LogP contribution in [0.3, 0.4) is 0 Å². The molecule has 0 aromatic carbocycles. The van der Waals surface area contributed by atoms with Crippen LogP contribution < -0.4 is 0 Å². The third-order valence-electron chi connectivity index (χ3n) is 2.87. The van der Waals surface area contributed by atoms with Crippen LogP contribution >= 0.6 is 0 Å². The van der Waals surface area contributed by atoms with Gasteiger partial charge < -0.3 is 9.64 Å². The van der Waals surface area contributed by atoms with Crippen molar-refractivity contribution in [2.45, 2.75) is 38.7 Å². The minimum Gasteiger partial charge on any atom is -0.378 e. The van der Waals surface area contributed by atoms with Crippen molar-refractivity contribution in [2.75, 3.05) is 20.2 Å². The summed E-state index contributed by atoms with van der Waals surface area (Å²) in [4.78, 5) is 13.4. The summed E-state index contributed by atoms with van der Waals surface area (Å²) in [7, 11) is 1.75. The van der Waals surface area contributed by atoms with Gasteiger partial charge in [-0.05, 0) is 26.2 Å². The molecule has 90 valence electrons. The van der Waals surface area contributed by atoms with Gasteiger partial charge in [-0.1, -0.05) is 0 Å². The topological polar surface area (TPSA) is 53.3 Å². The van der Waals surface area contributed by atoms with Crippen LogP contribution in [0.4, 0.5) is 0 Å². The number of hydrogen-bond acceptors (Lipinski definition) is 3. The molecule has 1 rings (SSSR count). The zero-order valence-electron chi connectivity index (χ0n) is 10.1. The SMILES string of the molecule is CC(C#N)CN(C)C(=O)CC1CCCCO1. The normalized spacial score (nSPS) is 22.2. The van der Waals surface area contributed by atoms with E-state index in [4.69, 9.17) is 10.00 Å². The highest BCUT2D eigenvalue weighted by atomic mass is 16.5. The smallest absolute Gasteiger partial charge is 0.224 e. The number of rotatable bonds is 4. The maximum absolute atomic E-state index is 11.8. The first-order valence-electron chi connectivity index (χ1n) is 5.88. The number of ether oxygens (including phenoxy) is 1. The van der Waals surface area contributed by atoms with Gasteiger partial charge in [0.05, 0.1) is 24.5 Å². The lowest BCUT2D eigenvalue weighted by molar-refractivity contribution is -0.134. The van der Waals surface area contributed by atoms with Gasteiger partial charge in [0.25, 0.3) is 0 Å². The Kier molecular flexibility index (Phi) is 5.27. The van der Waals surface area contributed by atoms with E-state index in [-0.39, 0.29) is 17.9 Å². The van der Waals surface area contributed by atoms with Crippen LogP contribution in [0.2, 0.25) is 0 Å². The van der Waals surface area contributed by atoms with Gasteiger partial charge in [-0.15, -0.1) is 0 Å². The Morgan fingerprint density at radius 1 is 1.62 bits per heavy atom. The molecule has 2 unspecified atom stereocenters. The molecule has 4 nitrogen and oxygen atoms in total. The second kappa shape index (κ2) is 6.49. The van der Waals surface area contributed by atoms with Crippen molar-refractivity contribution in [2.24, 2.45) is 5.92 Å². The van der Waals surface area contributed by atoms with E-state index in [2.05, 4.69) is 6.07 Å². The second-order valence-electron chi connectivity index (χ2n) is 4.50. The van der Waals surface area contributed by atoms with Crippen LogP contribution in [-0.4, -0.2) is 37.1 Å². The first-order valence-corrected chi connectivity index (χ1v) is 5.88. The number of nitrogens with zero attached hydrogens (tertiary/aromatic N) is 2. The Bertz CT molecular complexity index is 267. The lowest BCUT2D eigenvalue weighted by Gasteiger charge is -2.25. The van der Waals surface area contributed by atoms with E-state index in [0.717, 1.165) is 25.9 Å². The standard InChI is InChI=1S/C12H20N2O2/c1-10(8-13)9-14(2)12(15)7-11-5-3-4-6-16-11/h10-11H,3-7,9H2,1-2H3. The predicted octanol–water partition coefficient (Wildman–Crippen LogP) is 1.56. The van der Waals surface area contributed by atoms with Gasteiger partial charge in [0.15, 0.2) is 0 Å². The number of amides is 1. The molecule has 1 saturated heterocycles. The Labute approximate surface area is 97.2 Å². The van der Waals surface area contributed by atoms with Crippen molar-refractivity contribution in [3.05, 3.63) is 0 Å². The molecule has 0 aromatic rings. The highest BCUT2D eigenvalue weighted by Crippen LogP contribution is 2.16. The van der Waals surface area contributed by atoms with E-state index in [1.807, 2.05) is 6.92 Å². The summed E-state index contributed by atoms with van der Waals surface area (Å²) in [5.74, 6) is -0.0322. The van der Waals surface area contributed by atoms with Crippen LogP contribution in [0.1, 0.15) is 32.6 Å². The zero-order chi connectivity index (χ0) is 12.0. The van der Waals surface area contributed by atoms with Crippen molar-refractivity contribution in [1.82, 2.24) is 4.90 Å². The first kappa shape index (κ1) is 13.0. The lowest BCUT2D eigenvalue weighted by Crippen LogP contribution is -2.34.